The molecule has 6 heteroatoms. The van der Waals surface area contributed by atoms with Gasteiger partial charge in [0.1, 0.15) is 12.3 Å². The number of rotatable bonds is 4. The maximum Gasteiger partial charge on any atom is 0.257 e. The van der Waals surface area contributed by atoms with Crippen molar-refractivity contribution in [3.05, 3.63) is 59.5 Å². The molecule has 2 heterocycles. The number of hydrogen-bond donors (Lipinski definition) is 2. The molecule has 0 spiro atoms. The number of furan rings is 1. The van der Waals surface area contributed by atoms with Crippen LogP contribution in [0.1, 0.15) is 40.4 Å². The summed E-state index contributed by atoms with van der Waals surface area (Å²) in [6, 6.07) is 8.68. The normalized spacial score (nSPS) is 16.5. The van der Waals surface area contributed by atoms with Crippen molar-refractivity contribution in [2.24, 2.45) is 5.73 Å². The lowest BCUT2D eigenvalue weighted by Gasteiger charge is -2.32. The number of piperidine rings is 1. The number of nitrogens with zero attached hydrogens (tertiary/aromatic N) is 1. The highest BCUT2D eigenvalue weighted by atomic mass is 16.3. The monoisotopic (exact) mass is 341 g/mol. The van der Waals surface area contributed by atoms with Crippen molar-refractivity contribution in [1.82, 2.24) is 10.2 Å². The Morgan fingerprint density at radius 1 is 1.20 bits per heavy atom. The molecule has 25 heavy (non-hydrogen) atoms. The van der Waals surface area contributed by atoms with Gasteiger partial charge in [0.15, 0.2) is 0 Å². The Morgan fingerprint density at radius 2 is 1.88 bits per heavy atom. The summed E-state index contributed by atoms with van der Waals surface area (Å²) in [6.45, 7) is 3.21. The van der Waals surface area contributed by atoms with Crippen molar-refractivity contribution in [3.8, 4) is 0 Å². The molecular formula is C19H23N3O3. The van der Waals surface area contributed by atoms with Gasteiger partial charge in [0.2, 0.25) is 5.91 Å². The Labute approximate surface area is 147 Å². The Bertz CT molecular complexity index is 717. The number of benzene rings is 1. The van der Waals surface area contributed by atoms with Crippen LogP contribution in [0.2, 0.25) is 0 Å². The van der Waals surface area contributed by atoms with Crippen LogP contribution in [0.5, 0.6) is 0 Å². The third kappa shape index (κ3) is 4.09. The lowest BCUT2D eigenvalue weighted by molar-refractivity contribution is -0.123. The van der Waals surface area contributed by atoms with E-state index in [0.29, 0.717) is 18.7 Å². The third-order valence-electron chi connectivity index (χ3n) is 4.62. The van der Waals surface area contributed by atoms with E-state index in [2.05, 4.69) is 5.32 Å². The zero-order valence-corrected chi connectivity index (χ0v) is 14.3. The molecule has 1 aliphatic heterocycles. The van der Waals surface area contributed by atoms with Crippen molar-refractivity contribution >= 4 is 11.8 Å². The highest BCUT2D eigenvalue weighted by molar-refractivity contribution is 5.93. The van der Waals surface area contributed by atoms with Crippen LogP contribution in [-0.4, -0.2) is 35.8 Å². The first kappa shape index (κ1) is 17.2. The summed E-state index contributed by atoms with van der Waals surface area (Å²) in [6.07, 6.45) is 4.38. The maximum absolute atomic E-state index is 12.4. The summed E-state index contributed by atoms with van der Waals surface area (Å²) in [5.41, 5.74) is 8.55. The summed E-state index contributed by atoms with van der Waals surface area (Å²) < 4.78 is 4.96. The Morgan fingerprint density at radius 3 is 2.48 bits per heavy atom. The molecule has 1 unspecified atom stereocenters. The molecule has 132 valence electrons. The van der Waals surface area contributed by atoms with E-state index < -0.39 is 6.04 Å². The summed E-state index contributed by atoms with van der Waals surface area (Å²) in [5, 5.41) is 3.01. The molecule has 0 radical (unpaired) electrons. The van der Waals surface area contributed by atoms with Crippen LogP contribution >= 0.6 is 0 Å². The van der Waals surface area contributed by atoms with Gasteiger partial charge < -0.3 is 20.4 Å². The molecule has 0 aliphatic carbocycles. The number of likely N-dealkylation sites (tertiary alicyclic amines) is 1. The summed E-state index contributed by atoms with van der Waals surface area (Å²) in [7, 11) is 0. The zero-order valence-electron chi connectivity index (χ0n) is 14.3. The van der Waals surface area contributed by atoms with Crippen LogP contribution in [0.3, 0.4) is 0 Å². The number of amides is 2. The van der Waals surface area contributed by atoms with Gasteiger partial charge in [0.25, 0.3) is 5.91 Å². The molecule has 6 nitrogen and oxygen atoms in total. The van der Waals surface area contributed by atoms with E-state index in [4.69, 9.17) is 10.2 Å². The first-order valence-corrected chi connectivity index (χ1v) is 8.48. The number of carbonyl (C=O) groups excluding carboxylic acids is 2. The predicted octanol–water partition coefficient (Wildman–Crippen LogP) is 2.01. The molecule has 1 aliphatic rings. The minimum absolute atomic E-state index is 0.0325. The minimum atomic E-state index is -0.675. The average molecular weight is 341 g/mol. The van der Waals surface area contributed by atoms with Crippen molar-refractivity contribution in [2.45, 2.75) is 31.8 Å². The highest BCUT2D eigenvalue weighted by Gasteiger charge is 2.26. The third-order valence-corrected chi connectivity index (χ3v) is 4.62. The fourth-order valence-corrected chi connectivity index (χ4v) is 3.01. The predicted molar refractivity (Wildman–Crippen MR) is 93.9 cm³/mol. The summed E-state index contributed by atoms with van der Waals surface area (Å²) in [4.78, 5) is 26.4. The smallest absolute Gasteiger partial charge is 0.257 e. The van der Waals surface area contributed by atoms with Crippen molar-refractivity contribution in [2.75, 3.05) is 13.1 Å². The van der Waals surface area contributed by atoms with Gasteiger partial charge >= 0.3 is 0 Å². The quantitative estimate of drug-likeness (QED) is 0.890. The highest BCUT2D eigenvalue weighted by Crippen LogP contribution is 2.16. The molecule has 3 N–H and O–H groups in total. The molecule has 3 rings (SSSR count). The lowest BCUT2D eigenvalue weighted by Crippen LogP contribution is -2.48. The van der Waals surface area contributed by atoms with E-state index in [1.54, 1.807) is 11.0 Å². The van der Waals surface area contributed by atoms with E-state index in [0.717, 1.165) is 24.0 Å². The topological polar surface area (TPSA) is 88.6 Å². The number of carbonyl (C=O) groups is 2. The first-order valence-electron chi connectivity index (χ1n) is 8.48. The van der Waals surface area contributed by atoms with Gasteiger partial charge in [-0.3, -0.25) is 9.59 Å². The van der Waals surface area contributed by atoms with Crippen LogP contribution < -0.4 is 11.1 Å². The second-order valence-corrected chi connectivity index (χ2v) is 6.48. The van der Waals surface area contributed by atoms with Gasteiger partial charge in [-0.15, -0.1) is 0 Å². The molecule has 0 bridgehead atoms. The summed E-state index contributed by atoms with van der Waals surface area (Å²) >= 11 is 0. The van der Waals surface area contributed by atoms with E-state index in [1.165, 1.54) is 12.5 Å². The fraction of sp³-hybridized carbons (Fsp3) is 0.368. The van der Waals surface area contributed by atoms with Crippen LogP contribution in [0.4, 0.5) is 0 Å². The Balaban J connectivity index is 1.50. The van der Waals surface area contributed by atoms with Gasteiger partial charge in [0.05, 0.1) is 11.8 Å². The van der Waals surface area contributed by atoms with E-state index >= 15 is 0 Å². The van der Waals surface area contributed by atoms with Crippen LogP contribution in [0, 0.1) is 6.92 Å². The van der Waals surface area contributed by atoms with Gasteiger partial charge in [-0.2, -0.15) is 0 Å². The zero-order chi connectivity index (χ0) is 17.8. The van der Waals surface area contributed by atoms with E-state index in [1.807, 2.05) is 31.2 Å². The van der Waals surface area contributed by atoms with Crippen molar-refractivity contribution in [3.63, 3.8) is 0 Å². The maximum atomic E-state index is 12.4. The van der Waals surface area contributed by atoms with E-state index in [9.17, 15) is 9.59 Å². The largest absolute Gasteiger partial charge is 0.472 e. The molecule has 0 saturated carbocycles. The van der Waals surface area contributed by atoms with Gasteiger partial charge in [-0.1, -0.05) is 29.8 Å². The van der Waals surface area contributed by atoms with E-state index in [-0.39, 0.29) is 17.9 Å². The molecule has 2 aromatic rings. The summed E-state index contributed by atoms with van der Waals surface area (Å²) in [5.74, 6) is -0.210. The van der Waals surface area contributed by atoms with Crippen LogP contribution in [0.15, 0.2) is 47.3 Å². The van der Waals surface area contributed by atoms with Crippen molar-refractivity contribution in [1.29, 1.82) is 0 Å². The van der Waals surface area contributed by atoms with Gasteiger partial charge in [0, 0.05) is 19.1 Å². The first-order chi connectivity index (χ1) is 12.0. The standard InChI is InChI=1S/C19H23N3O3/c1-13-2-4-14(5-3-13)17(20)18(23)21-16-6-9-22(10-7-16)19(24)15-8-11-25-12-15/h2-5,8,11-12,16-17H,6-7,9-10,20H2,1H3,(H,21,23). The molecule has 1 atom stereocenters. The second-order valence-electron chi connectivity index (χ2n) is 6.48. The van der Waals surface area contributed by atoms with Gasteiger partial charge in [-0.05, 0) is 31.4 Å². The second kappa shape index (κ2) is 7.53. The SMILES string of the molecule is Cc1ccc(C(N)C(=O)NC2CCN(C(=O)c3ccoc3)CC2)cc1. The molecule has 1 aromatic carbocycles. The molecule has 1 aromatic heterocycles. The minimum Gasteiger partial charge on any atom is -0.472 e. The Kier molecular flexibility index (Phi) is 5.19. The number of hydrogen-bond acceptors (Lipinski definition) is 4. The van der Waals surface area contributed by atoms with Crippen LogP contribution in [0.25, 0.3) is 0 Å². The Hall–Kier alpha value is -2.60. The molecular weight excluding hydrogens is 318 g/mol. The van der Waals surface area contributed by atoms with Crippen LogP contribution in [-0.2, 0) is 4.79 Å². The average Bonchev–Trinajstić information content (AvgIpc) is 3.16. The number of nitrogens with one attached hydrogen (secondary N) is 1. The molecule has 2 amide bonds. The molecule has 1 fully saturated rings. The van der Waals surface area contributed by atoms with Crippen molar-refractivity contribution < 1.29 is 14.0 Å². The number of aryl methyl sites for hydroxylation is 1. The fourth-order valence-electron chi connectivity index (χ4n) is 3.01. The molecule has 1 saturated heterocycles. The lowest BCUT2D eigenvalue weighted by atomic mass is 10.0. The number of nitrogens with two attached hydrogens (primary N) is 1. The van der Waals surface area contributed by atoms with Gasteiger partial charge in [-0.25, -0.2) is 0 Å².